The van der Waals surface area contributed by atoms with E-state index < -0.39 is 29.5 Å². The third kappa shape index (κ3) is 5.16. The molecule has 10 nitrogen and oxygen atoms in total. The van der Waals surface area contributed by atoms with E-state index in [-0.39, 0.29) is 24.6 Å². The number of nitrogens with zero attached hydrogens (tertiary/aromatic N) is 2. The van der Waals surface area contributed by atoms with Crippen molar-refractivity contribution >= 4 is 34.8 Å². The molecule has 1 unspecified atom stereocenters. The molecule has 0 saturated heterocycles. The number of non-ortho nitro benzene ring substituents is 1. The third-order valence-electron chi connectivity index (χ3n) is 4.67. The lowest BCUT2D eigenvalue weighted by atomic mass is 10.2. The number of fused-ring (bicyclic) bond motifs is 1. The number of aryl methyl sites for hydroxylation is 1. The Labute approximate surface area is 177 Å². The van der Waals surface area contributed by atoms with Gasteiger partial charge in [-0.05, 0) is 37.6 Å². The summed E-state index contributed by atoms with van der Waals surface area (Å²) in [6.07, 6.45) is -0.766. The van der Waals surface area contributed by atoms with E-state index in [1.165, 1.54) is 23.1 Å². The normalized spacial score (nSPS) is 15.0. The first kappa shape index (κ1) is 21.8. The van der Waals surface area contributed by atoms with E-state index >= 15 is 0 Å². The molecule has 0 aromatic heterocycles. The predicted molar refractivity (Wildman–Crippen MR) is 111 cm³/mol. The van der Waals surface area contributed by atoms with Crippen molar-refractivity contribution < 1.29 is 28.8 Å². The first-order chi connectivity index (χ1) is 14.8. The Hall–Kier alpha value is -3.95. The molecule has 0 fully saturated rings. The topological polar surface area (TPSA) is 128 Å². The van der Waals surface area contributed by atoms with Crippen molar-refractivity contribution in [1.82, 2.24) is 0 Å². The van der Waals surface area contributed by atoms with Crippen LogP contribution in [0.25, 0.3) is 0 Å². The highest BCUT2D eigenvalue weighted by atomic mass is 16.6. The Morgan fingerprint density at radius 1 is 1.26 bits per heavy atom. The number of ether oxygens (including phenoxy) is 2. The minimum absolute atomic E-state index is 0.0875. The lowest BCUT2D eigenvalue weighted by molar-refractivity contribution is -0.384. The fourth-order valence-corrected chi connectivity index (χ4v) is 3.10. The summed E-state index contributed by atoms with van der Waals surface area (Å²) < 4.78 is 10.5. The highest BCUT2D eigenvalue weighted by Crippen LogP contribution is 2.33. The van der Waals surface area contributed by atoms with Crippen molar-refractivity contribution in [3.63, 3.8) is 0 Å². The van der Waals surface area contributed by atoms with Gasteiger partial charge in [-0.3, -0.25) is 24.5 Å². The number of hydrogen-bond acceptors (Lipinski definition) is 7. The number of anilines is 2. The smallest absolute Gasteiger partial charge is 0.308 e. The Kier molecular flexibility index (Phi) is 6.49. The first-order valence-corrected chi connectivity index (χ1v) is 9.54. The van der Waals surface area contributed by atoms with Crippen molar-refractivity contribution in [2.24, 2.45) is 0 Å². The molecule has 0 radical (unpaired) electrons. The molecule has 2 amide bonds. The average molecular weight is 427 g/mol. The summed E-state index contributed by atoms with van der Waals surface area (Å²) in [6.45, 7) is 2.83. The Bertz CT molecular complexity index is 1040. The molecule has 0 saturated carbocycles. The molecule has 0 aliphatic carbocycles. The van der Waals surface area contributed by atoms with Crippen LogP contribution in [0, 0.1) is 17.0 Å². The number of nitro groups is 1. The number of esters is 1. The van der Waals surface area contributed by atoms with Gasteiger partial charge >= 0.3 is 5.97 Å². The van der Waals surface area contributed by atoms with Gasteiger partial charge in [-0.2, -0.15) is 0 Å². The molecule has 10 heteroatoms. The summed E-state index contributed by atoms with van der Waals surface area (Å²) in [5.74, 6) is -0.926. The first-order valence-electron chi connectivity index (χ1n) is 9.54. The van der Waals surface area contributed by atoms with Crippen molar-refractivity contribution in [3.8, 4) is 5.75 Å². The SMILES string of the molecule is Cc1cc([N+](=O)[O-])ccc1NC(=O)COC(=O)CCN1C(=O)C(C)Oc2ccccc21. The second-order valence-corrected chi connectivity index (χ2v) is 6.93. The standard InChI is InChI=1S/C21H21N3O7/c1-13-11-15(24(28)29)7-8-16(13)22-19(25)12-30-20(26)9-10-23-17-5-3-4-6-18(17)31-14(2)21(23)27/h3-8,11,14H,9-10,12H2,1-2H3,(H,22,25). The van der Waals surface area contributed by atoms with Gasteiger partial charge in [0, 0.05) is 24.4 Å². The average Bonchev–Trinajstić information content (AvgIpc) is 2.74. The molecule has 1 heterocycles. The number of para-hydroxylation sites is 2. The van der Waals surface area contributed by atoms with E-state index in [1.807, 2.05) is 0 Å². The van der Waals surface area contributed by atoms with Crippen LogP contribution in [0.3, 0.4) is 0 Å². The largest absolute Gasteiger partial charge is 0.479 e. The summed E-state index contributed by atoms with van der Waals surface area (Å²) in [5.41, 5.74) is 1.38. The van der Waals surface area contributed by atoms with Gasteiger partial charge in [0.05, 0.1) is 17.0 Å². The fraction of sp³-hybridized carbons (Fsp3) is 0.286. The maximum absolute atomic E-state index is 12.4. The van der Waals surface area contributed by atoms with Gasteiger partial charge in [-0.25, -0.2) is 0 Å². The molecular formula is C21H21N3O7. The van der Waals surface area contributed by atoms with E-state index in [2.05, 4.69) is 5.32 Å². The number of rotatable bonds is 7. The monoisotopic (exact) mass is 427 g/mol. The third-order valence-corrected chi connectivity index (χ3v) is 4.67. The van der Waals surface area contributed by atoms with Crippen LogP contribution in [0.2, 0.25) is 0 Å². The van der Waals surface area contributed by atoms with Gasteiger partial charge < -0.3 is 19.7 Å². The number of hydrogen-bond donors (Lipinski definition) is 1. The fourth-order valence-electron chi connectivity index (χ4n) is 3.10. The van der Waals surface area contributed by atoms with Gasteiger partial charge in [-0.1, -0.05) is 12.1 Å². The second-order valence-electron chi connectivity index (χ2n) is 6.93. The number of nitrogens with one attached hydrogen (secondary N) is 1. The lowest BCUT2D eigenvalue weighted by Gasteiger charge is -2.32. The summed E-state index contributed by atoms with van der Waals surface area (Å²) in [4.78, 5) is 48.3. The zero-order chi connectivity index (χ0) is 22.5. The molecule has 0 bridgehead atoms. The molecule has 2 aromatic rings. The summed E-state index contributed by atoms with van der Waals surface area (Å²) in [7, 11) is 0. The number of benzene rings is 2. The maximum Gasteiger partial charge on any atom is 0.308 e. The zero-order valence-electron chi connectivity index (χ0n) is 17.0. The van der Waals surface area contributed by atoms with Crippen LogP contribution in [0.15, 0.2) is 42.5 Å². The Morgan fingerprint density at radius 3 is 2.71 bits per heavy atom. The van der Waals surface area contributed by atoms with E-state index in [9.17, 15) is 24.5 Å². The quantitative estimate of drug-likeness (QED) is 0.409. The van der Waals surface area contributed by atoms with E-state index in [0.29, 0.717) is 22.7 Å². The van der Waals surface area contributed by atoms with Crippen molar-refractivity contribution in [3.05, 3.63) is 58.1 Å². The molecule has 0 spiro atoms. The van der Waals surface area contributed by atoms with Crippen molar-refractivity contribution in [1.29, 1.82) is 0 Å². The summed E-state index contributed by atoms with van der Waals surface area (Å²) in [6, 6.07) is 11.0. The molecule has 2 aromatic carbocycles. The number of nitro benzene ring substituents is 1. The second kappa shape index (κ2) is 9.24. The summed E-state index contributed by atoms with van der Waals surface area (Å²) >= 11 is 0. The minimum Gasteiger partial charge on any atom is -0.479 e. The van der Waals surface area contributed by atoms with Crippen LogP contribution >= 0.6 is 0 Å². The lowest BCUT2D eigenvalue weighted by Crippen LogP contribution is -2.45. The molecule has 3 rings (SSSR count). The van der Waals surface area contributed by atoms with Crippen LogP contribution in [0.4, 0.5) is 17.1 Å². The van der Waals surface area contributed by atoms with Crippen LogP contribution in [-0.4, -0.2) is 42.0 Å². The van der Waals surface area contributed by atoms with Crippen LogP contribution in [0.5, 0.6) is 5.75 Å². The zero-order valence-corrected chi connectivity index (χ0v) is 17.0. The molecule has 1 aliphatic heterocycles. The number of amides is 2. The highest BCUT2D eigenvalue weighted by molar-refractivity contribution is 6.00. The van der Waals surface area contributed by atoms with Gasteiger partial charge in [0.1, 0.15) is 5.75 Å². The molecular weight excluding hydrogens is 406 g/mol. The van der Waals surface area contributed by atoms with E-state index in [4.69, 9.17) is 9.47 Å². The van der Waals surface area contributed by atoms with Crippen molar-refractivity contribution in [2.75, 3.05) is 23.4 Å². The van der Waals surface area contributed by atoms with Crippen LogP contribution < -0.4 is 15.0 Å². The van der Waals surface area contributed by atoms with Crippen LogP contribution in [0.1, 0.15) is 18.9 Å². The molecule has 1 atom stereocenters. The molecule has 1 aliphatic rings. The van der Waals surface area contributed by atoms with E-state index in [0.717, 1.165) is 0 Å². The van der Waals surface area contributed by atoms with Crippen molar-refractivity contribution in [2.45, 2.75) is 26.4 Å². The molecule has 31 heavy (non-hydrogen) atoms. The highest BCUT2D eigenvalue weighted by Gasteiger charge is 2.31. The Morgan fingerprint density at radius 2 is 2.00 bits per heavy atom. The van der Waals surface area contributed by atoms with Gasteiger partial charge in [0.15, 0.2) is 12.7 Å². The Balaban J connectivity index is 1.51. The minimum atomic E-state index is -0.665. The maximum atomic E-state index is 12.4. The van der Waals surface area contributed by atoms with Crippen LogP contribution in [-0.2, 0) is 19.1 Å². The van der Waals surface area contributed by atoms with E-state index in [1.54, 1.807) is 38.1 Å². The van der Waals surface area contributed by atoms with Gasteiger partial charge in [0.2, 0.25) is 0 Å². The van der Waals surface area contributed by atoms with Gasteiger partial charge in [-0.15, -0.1) is 0 Å². The number of carbonyl (C=O) groups excluding carboxylic acids is 3. The van der Waals surface area contributed by atoms with Gasteiger partial charge in [0.25, 0.3) is 17.5 Å². The molecule has 162 valence electrons. The number of carbonyl (C=O) groups is 3. The molecule has 1 N–H and O–H groups in total. The predicted octanol–water partition coefficient (Wildman–Crippen LogP) is 2.59. The summed E-state index contributed by atoms with van der Waals surface area (Å²) in [5, 5.41) is 13.3.